The van der Waals surface area contributed by atoms with E-state index in [-0.39, 0.29) is 17.2 Å². The smallest absolute Gasteiger partial charge is 0.251 e. The highest BCUT2D eigenvalue weighted by molar-refractivity contribution is 8.00. The summed E-state index contributed by atoms with van der Waals surface area (Å²) in [6.45, 7) is 0.956. The number of pyridine rings is 1. The molecule has 1 N–H and O–H groups in total. The SMILES string of the molecule is O=C(NCc1cccnc1)c1ccc([C@H]2SCC(=O)N2Cc2ccc(Cl)cc2)cc1. The Morgan fingerprint density at radius 3 is 2.57 bits per heavy atom. The molecule has 1 atom stereocenters. The fraction of sp³-hybridized carbons (Fsp3) is 0.174. The van der Waals surface area contributed by atoms with Gasteiger partial charge in [-0.25, -0.2) is 0 Å². The molecule has 30 heavy (non-hydrogen) atoms. The van der Waals surface area contributed by atoms with Crippen LogP contribution in [0.5, 0.6) is 0 Å². The van der Waals surface area contributed by atoms with Gasteiger partial charge < -0.3 is 10.2 Å². The maximum absolute atomic E-state index is 12.4. The van der Waals surface area contributed by atoms with Gasteiger partial charge in [0.2, 0.25) is 5.91 Å². The van der Waals surface area contributed by atoms with Crippen molar-refractivity contribution in [2.45, 2.75) is 18.5 Å². The Morgan fingerprint density at radius 1 is 1.10 bits per heavy atom. The number of aromatic nitrogens is 1. The van der Waals surface area contributed by atoms with Crippen LogP contribution in [0.3, 0.4) is 0 Å². The van der Waals surface area contributed by atoms with Crippen LogP contribution in [-0.2, 0) is 17.9 Å². The second-order valence-corrected chi connectivity index (χ2v) is 8.48. The van der Waals surface area contributed by atoms with Gasteiger partial charge in [-0.1, -0.05) is 41.9 Å². The van der Waals surface area contributed by atoms with Gasteiger partial charge in [-0.3, -0.25) is 14.6 Å². The van der Waals surface area contributed by atoms with Gasteiger partial charge in [0.05, 0.1) is 5.75 Å². The monoisotopic (exact) mass is 437 g/mol. The van der Waals surface area contributed by atoms with Gasteiger partial charge in [0.1, 0.15) is 5.37 Å². The quantitative estimate of drug-likeness (QED) is 0.619. The Kier molecular flexibility index (Phi) is 6.35. The van der Waals surface area contributed by atoms with E-state index in [0.29, 0.717) is 29.4 Å². The summed E-state index contributed by atoms with van der Waals surface area (Å²) in [7, 11) is 0. The predicted molar refractivity (Wildman–Crippen MR) is 119 cm³/mol. The molecule has 2 amide bonds. The molecule has 1 aliphatic rings. The first-order valence-corrected chi connectivity index (χ1v) is 11.0. The normalized spacial score (nSPS) is 16.0. The van der Waals surface area contributed by atoms with E-state index >= 15 is 0 Å². The van der Waals surface area contributed by atoms with Crippen LogP contribution in [0.1, 0.15) is 32.4 Å². The summed E-state index contributed by atoms with van der Waals surface area (Å²) in [5.74, 6) is 0.419. The minimum absolute atomic E-state index is 0.0688. The lowest BCUT2D eigenvalue weighted by atomic mass is 10.1. The molecule has 0 spiro atoms. The van der Waals surface area contributed by atoms with E-state index in [1.165, 1.54) is 0 Å². The van der Waals surface area contributed by atoms with Crippen molar-refractivity contribution in [3.8, 4) is 0 Å². The molecule has 3 aromatic rings. The molecule has 0 bridgehead atoms. The second kappa shape index (κ2) is 9.32. The second-order valence-electron chi connectivity index (χ2n) is 6.98. The van der Waals surface area contributed by atoms with Gasteiger partial charge in [0, 0.05) is 36.1 Å². The van der Waals surface area contributed by atoms with Crippen molar-refractivity contribution in [3.05, 3.63) is 100 Å². The summed E-state index contributed by atoms with van der Waals surface area (Å²) in [5, 5.41) is 3.50. The molecule has 0 radical (unpaired) electrons. The van der Waals surface area contributed by atoms with Crippen molar-refractivity contribution in [2.75, 3.05) is 5.75 Å². The molecule has 0 unspecified atom stereocenters. The third-order valence-electron chi connectivity index (χ3n) is 4.87. The molecule has 1 fully saturated rings. The van der Waals surface area contributed by atoms with E-state index in [2.05, 4.69) is 10.3 Å². The highest BCUT2D eigenvalue weighted by atomic mass is 35.5. The van der Waals surface area contributed by atoms with Gasteiger partial charge >= 0.3 is 0 Å². The minimum atomic E-state index is -0.140. The summed E-state index contributed by atoms with van der Waals surface area (Å²) in [5.41, 5.74) is 3.57. The standard InChI is InChI=1S/C23H20ClN3O2S/c24-20-9-3-16(4-10-20)14-27-21(28)15-30-23(27)19-7-5-18(6-8-19)22(29)26-13-17-2-1-11-25-12-17/h1-12,23H,13-15H2,(H,26,29)/t23-/m1/s1. The minimum Gasteiger partial charge on any atom is -0.348 e. The van der Waals surface area contributed by atoms with Crippen LogP contribution < -0.4 is 5.32 Å². The lowest BCUT2D eigenvalue weighted by Crippen LogP contribution is -2.27. The molecule has 2 heterocycles. The van der Waals surface area contributed by atoms with Crippen LogP contribution in [0.15, 0.2) is 73.1 Å². The number of halogens is 1. The van der Waals surface area contributed by atoms with Crippen LogP contribution in [0, 0.1) is 0 Å². The number of carbonyl (C=O) groups is 2. The van der Waals surface area contributed by atoms with Gasteiger partial charge in [-0.05, 0) is 47.0 Å². The fourth-order valence-corrected chi connectivity index (χ4v) is 4.59. The predicted octanol–water partition coefficient (Wildman–Crippen LogP) is 4.44. The van der Waals surface area contributed by atoms with Crippen LogP contribution in [-0.4, -0.2) is 27.5 Å². The largest absolute Gasteiger partial charge is 0.348 e. The third-order valence-corrected chi connectivity index (χ3v) is 6.38. The van der Waals surface area contributed by atoms with Crippen LogP contribution in [0.4, 0.5) is 0 Å². The zero-order valence-corrected chi connectivity index (χ0v) is 17.7. The Balaban J connectivity index is 1.42. The van der Waals surface area contributed by atoms with E-state index in [1.807, 2.05) is 53.4 Å². The number of hydrogen-bond acceptors (Lipinski definition) is 4. The average molecular weight is 438 g/mol. The lowest BCUT2D eigenvalue weighted by molar-refractivity contribution is -0.128. The molecule has 1 aliphatic heterocycles. The summed E-state index contributed by atoms with van der Waals surface area (Å²) in [4.78, 5) is 30.8. The molecule has 5 nitrogen and oxygen atoms in total. The first kappa shape index (κ1) is 20.4. The Bertz CT molecular complexity index is 1030. The number of nitrogens with zero attached hydrogens (tertiary/aromatic N) is 2. The van der Waals surface area contributed by atoms with Gasteiger partial charge in [-0.2, -0.15) is 0 Å². The van der Waals surface area contributed by atoms with Crippen LogP contribution in [0.2, 0.25) is 5.02 Å². The Labute approximate surface area is 184 Å². The molecule has 4 rings (SSSR count). The maximum Gasteiger partial charge on any atom is 0.251 e. The lowest BCUT2D eigenvalue weighted by Gasteiger charge is -2.24. The van der Waals surface area contributed by atoms with E-state index in [0.717, 1.165) is 16.7 Å². The first-order chi connectivity index (χ1) is 14.6. The van der Waals surface area contributed by atoms with Gasteiger partial charge in [0.25, 0.3) is 5.91 Å². The van der Waals surface area contributed by atoms with Crippen molar-refractivity contribution in [1.29, 1.82) is 0 Å². The van der Waals surface area contributed by atoms with Crippen molar-refractivity contribution >= 4 is 35.2 Å². The fourth-order valence-electron chi connectivity index (χ4n) is 3.27. The third kappa shape index (κ3) is 4.83. The first-order valence-electron chi connectivity index (χ1n) is 9.53. The number of amides is 2. The van der Waals surface area contributed by atoms with Crippen LogP contribution >= 0.6 is 23.4 Å². The van der Waals surface area contributed by atoms with E-state index in [4.69, 9.17) is 11.6 Å². The van der Waals surface area contributed by atoms with Crippen molar-refractivity contribution < 1.29 is 9.59 Å². The zero-order chi connectivity index (χ0) is 20.9. The summed E-state index contributed by atoms with van der Waals surface area (Å²) in [6.07, 6.45) is 3.43. The number of rotatable bonds is 6. The number of hydrogen-bond donors (Lipinski definition) is 1. The Hall–Kier alpha value is -2.83. The zero-order valence-electron chi connectivity index (χ0n) is 16.1. The van der Waals surface area contributed by atoms with Crippen molar-refractivity contribution in [1.82, 2.24) is 15.2 Å². The number of thioether (sulfide) groups is 1. The summed E-state index contributed by atoms with van der Waals surface area (Å²) < 4.78 is 0. The molecular formula is C23H20ClN3O2S. The topological polar surface area (TPSA) is 62.3 Å². The molecule has 0 aliphatic carbocycles. The molecule has 152 valence electrons. The van der Waals surface area contributed by atoms with E-state index in [9.17, 15) is 9.59 Å². The molecule has 7 heteroatoms. The number of carbonyl (C=O) groups excluding carboxylic acids is 2. The van der Waals surface area contributed by atoms with Crippen molar-refractivity contribution in [3.63, 3.8) is 0 Å². The molecular weight excluding hydrogens is 418 g/mol. The maximum atomic E-state index is 12.4. The van der Waals surface area contributed by atoms with Crippen molar-refractivity contribution in [2.24, 2.45) is 0 Å². The highest BCUT2D eigenvalue weighted by Gasteiger charge is 2.32. The highest BCUT2D eigenvalue weighted by Crippen LogP contribution is 2.39. The Morgan fingerprint density at radius 2 is 1.87 bits per heavy atom. The number of benzene rings is 2. The summed E-state index contributed by atoms with van der Waals surface area (Å²) >= 11 is 7.56. The van der Waals surface area contributed by atoms with E-state index < -0.39 is 0 Å². The van der Waals surface area contributed by atoms with Gasteiger partial charge in [-0.15, -0.1) is 11.8 Å². The molecule has 2 aromatic carbocycles. The van der Waals surface area contributed by atoms with E-state index in [1.54, 1.807) is 36.3 Å². The average Bonchev–Trinajstić information content (AvgIpc) is 3.14. The molecule has 1 saturated heterocycles. The summed E-state index contributed by atoms with van der Waals surface area (Å²) in [6, 6.07) is 18.7. The molecule has 0 saturated carbocycles. The van der Waals surface area contributed by atoms with Crippen LogP contribution in [0.25, 0.3) is 0 Å². The number of nitrogens with one attached hydrogen (secondary N) is 1. The van der Waals surface area contributed by atoms with Gasteiger partial charge in [0.15, 0.2) is 0 Å². The molecule has 1 aromatic heterocycles.